The molecule has 2 aliphatic heterocycles. The number of piperidine rings is 2. The summed E-state index contributed by atoms with van der Waals surface area (Å²) in [5, 5.41) is 21.8. The van der Waals surface area contributed by atoms with Crippen molar-refractivity contribution in [3.05, 3.63) is 64.2 Å². The maximum absolute atomic E-state index is 12.0. The number of imidazole rings is 2. The van der Waals surface area contributed by atoms with Crippen LogP contribution in [0.3, 0.4) is 0 Å². The number of nitro benzene ring substituents is 1. The van der Waals surface area contributed by atoms with Crippen LogP contribution < -0.4 is 9.80 Å². The highest BCUT2D eigenvalue weighted by Crippen LogP contribution is 2.40. The number of anilines is 2. The molecule has 1 aromatic carbocycles. The molecule has 10 nitrogen and oxygen atoms in total. The first-order valence-corrected chi connectivity index (χ1v) is 11.3. The molecule has 5 rings (SSSR count). The summed E-state index contributed by atoms with van der Waals surface area (Å²) in [5.41, 5.74) is 1.36. The van der Waals surface area contributed by atoms with Crippen molar-refractivity contribution in [2.45, 2.75) is 37.5 Å². The molecule has 2 aliphatic rings. The standard InChI is InChI=1S/C23H26N8O2/c24-13-18-11-19(29-9-1-3-16(14-29)22-25-5-6-26-22)12-20(21(18)31(32)33)30-10-2-4-17(15-30)23-27-7-8-28-23/h5-8,11-12,16-17H,1-4,9-10,14-15H2,(H,25,26)(H,27,28). The number of nitriles is 1. The molecule has 2 fully saturated rings. The normalized spacial score (nSPS) is 21.1. The minimum absolute atomic E-state index is 0.104. The molecule has 0 radical (unpaired) electrons. The number of rotatable bonds is 5. The topological polar surface area (TPSA) is 131 Å². The zero-order valence-corrected chi connectivity index (χ0v) is 18.3. The third kappa shape index (κ3) is 4.14. The zero-order valence-electron chi connectivity index (χ0n) is 18.3. The molecule has 4 heterocycles. The Morgan fingerprint density at radius 1 is 1.00 bits per heavy atom. The molecule has 2 unspecified atom stereocenters. The van der Waals surface area contributed by atoms with E-state index in [9.17, 15) is 15.4 Å². The Morgan fingerprint density at radius 2 is 1.61 bits per heavy atom. The first-order valence-electron chi connectivity index (χ1n) is 11.3. The van der Waals surface area contributed by atoms with E-state index in [2.05, 4.69) is 30.9 Å². The minimum Gasteiger partial charge on any atom is -0.371 e. The highest BCUT2D eigenvalue weighted by atomic mass is 16.6. The number of nitro groups is 1. The van der Waals surface area contributed by atoms with Gasteiger partial charge in [-0.05, 0) is 37.8 Å². The van der Waals surface area contributed by atoms with E-state index in [0.717, 1.165) is 56.1 Å². The van der Waals surface area contributed by atoms with E-state index in [4.69, 9.17) is 0 Å². The van der Waals surface area contributed by atoms with Crippen LogP contribution in [0.2, 0.25) is 0 Å². The summed E-state index contributed by atoms with van der Waals surface area (Å²) >= 11 is 0. The second-order valence-corrected chi connectivity index (χ2v) is 8.75. The number of aromatic amines is 2. The molecular formula is C23H26N8O2. The van der Waals surface area contributed by atoms with Gasteiger partial charge in [-0.25, -0.2) is 9.97 Å². The summed E-state index contributed by atoms with van der Waals surface area (Å²) in [6, 6.07) is 5.64. The van der Waals surface area contributed by atoms with Gasteiger partial charge in [-0.3, -0.25) is 10.1 Å². The van der Waals surface area contributed by atoms with Crippen LogP contribution in [0.4, 0.5) is 17.1 Å². The van der Waals surface area contributed by atoms with E-state index < -0.39 is 4.92 Å². The Balaban J connectivity index is 1.49. The summed E-state index contributed by atoms with van der Waals surface area (Å²) < 4.78 is 0. The van der Waals surface area contributed by atoms with E-state index in [1.807, 2.05) is 17.2 Å². The maximum atomic E-state index is 12.0. The second kappa shape index (κ2) is 8.94. The third-order valence-electron chi connectivity index (χ3n) is 6.74. The molecule has 0 spiro atoms. The van der Waals surface area contributed by atoms with Crippen molar-refractivity contribution in [3.8, 4) is 6.07 Å². The van der Waals surface area contributed by atoms with E-state index >= 15 is 0 Å². The van der Waals surface area contributed by atoms with E-state index in [0.29, 0.717) is 18.8 Å². The summed E-state index contributed by atoms with van der Waals surface area (Å²) in [5.74, 6) is 2.29. The summed E-state index contributed by atoms with van der Waals surface area (Å²) in [6.45, 7) is 2.93. The Kier molecular flexibility index (Phi) is 5.69. The largest absolute Gasteiger partial charge is 0.371 e. The first-order chi connectivity index (χ1) is 16.1. The van der Waals surface area contributed by atoms with Crippen molar-refractivity contribution in [2.75, 3.05) is 36.0 Å². The van der Waals surface area contributed by atoms with E-state index in [-0.39, 0.29) is 23.1 Å². The van der Waals surface area contributed by atoms with Gasteiger partial charge in [0.2, 0.25) is 0 Å². The predicted octanol–water partition coefficient (Wildman–Crippen LogP) is 3.68. The molecule has 170 valence electrons. The van der Waals surface area contributed by atoms with Gasteiger partial charge < -0.3 is 19.8 Å². The number of nitrogens with zero attached hydrogens (tertiary/aromatic N) is 6. The lowest BCUT2D eigenvalue weighted by molar-refractivity contribution is -0.384. The van der Waals surface area contributed by atoms with Crippen LogP contribution in [0, 0.1) is 21.4 Å². The van der Waals surface area contributed by atoms with Crippen LogP contribution in [0.1, 0.15) is 54.7 Å². The molecule has 0 bridgehead atoms. The van der Waals surface area contributed by atoms with Gasteiger partial charge in [0.15, 0.2) is 0 Å². The van der Waals surface area contributed by atoms with Crippen LogP contribution in [0.5, 0.6) is 0 Å². The van der Waals surface area contributed by atoms with Gasteiger partial charge in [0.25, 0.3) is 0 Å². The Morgan fingerprint density at radius 3 is 2.15 bits per heavy atom. The molecule has 2 N–H and O–H groups in total. The van der Waals surface area contributed by atoms with Crippen molar-refractivity contribution >= 4 is 17.1 Å². The lowest BCUT2D eigenvalue weighted by Gasteiger charge is -2.36. The second-order valence-electron chi connectivity index (χ2n) is 8.75. The number of benzene rings is 1. The Labute approximate surface area is 191 Å². The SMILES string of the molecule is N#Cc1cc(N2CCCC(c3ncc[nH]3)C2)cc(N2CCCC(c3ncc[nH]3)C2)c1[N+](=O)[O-]. The highest BCUT2D eigenvalue weighted by Gasteiger charge is 2.32. The van der Waals surface area contributed by atoms with Crippen LogP contribution in [0.15, 0.2) is 36.9 Å². The molecule has 0 amide bonds. The van der Waals surface area contributed by atoms with Crippen molar-refractivity contribution < 1.29 is 4.92 Å². The average Bonchev–Trinajstić information content (AvgIpc) is 3.58. The molecular weight excluding hydrogens is 420 g/mol. The van der Waals surface area contributed by atoms with Crippen LogP contribution in [0.25, 0.3) is 0 Å². The van der Waals surface area contributed by atoms with E-state index in [1.54, 1.807) is 24.7 Å². The van der Waals surface area contributed by atoms with Gasteiger partial charge in [-0.15, -0.1) is 0 Å². The monoisotopic (exact) mass is 446 g/mol. The van der Waals surface area contributed by atoms with Gasteiger partial charge in [-0.1, -0.05) is 0 Å². The maximum Gasteiger partial charge on any atom is 0.310 e. The summed E-state index contributed by atoms with van der Waals surface area (Å²) in [6.07, 6.45) is 11.0. The summed E-state index contributed by atoms with van der Waals surface area (Å²) in [7, 11) is 0. The van der Waals surface area contributed by atoms with Crippen molar-refractivity contribution in [1.82, 2.24) is 19.9 Å². The molecule has 0 aliphatic carbocycles. The molecule has 33 heavy (non-hydrogen) atoms. The van der Waals surface area contributed by atoms with Crippen LogP contribution in [-0.2, 0) is 0 Å². The van der Waals surface area contributed by atoms with Gasteiger partial charge in [-0.2, -0.15) is 5.26 Å². The molecule has 2 saturated heterocycles. The molecule has 2 atom stereocenters. The molecule has 10 heteroatoms. The molecule has 2 aromatic heterocycles. The average molecular weight is 447 g/mol. The van der Waals surface area contributed by atoms with Crippen molar-refractivity contribution in [2.24, 2.45) is 0 Å². The Hall–Kier alpha value is -3.87. The number of hydrogen-bond acceptors (Lipinski definition) is 7. The van der Waals surface area contributed by atoms with Gasteiger partial charge in [0.05, 0.1) is 4.92 Å². The van der Waals surface area contributed by atoms with Crippen molar-refractivity contribution in [3.63, 3.8) is 0 Å². The third-order valence-corrected chi connectivity index (χ3v) is 6.74. The lowest BCUT2D eigenvalue weighted by Crippen LogP contribution is -2.37. The summed E-state index contributed by atoms with van der Waals surface area (Å²) in [4.78, 5) is 31.1. The highest BCUT2D eigenvalue weighted by molar-refractivity contribution is 5.76. The Bertz CT molecular complexity index is 1150. The predicted molar refractivity (Wildman–Crippen MR) is 123 cm³/mol. The van der Waals surface area contributed by atoms with Gasteiger partial charge >= 0.3 is 5.69 Å². The first kappa shape index (κ1) is 21.0. The zero-order chi connectivity index (χ0) is 22.8. The van der Waals surface area contributed by atoms with E-state index in [1.165, 1.54) is 0 Å². The fraction of sp³-hybridized carbons (Fsp3) is 0.435. The van der Waals surface area contributed by atoms with Crippen LogP contribution in [-0.4, -0.2) is 51.0 Å². The number of H-pyrrole nitrogens is 2. The molecule has 0 saturated carbocycles. The van der Waals surface area contributed by atoms with Gasteiger partial charge in [0, 0.05) is 68.5 Å². The lowest BCUT2D eigenvalue weighted by atomic mass is 9.95. The fourth-order valence-electron chi connectivity index (χ4n) is 5.16. The smallest absolute Gasteiger partial charge is 0.310 e. The molecule has 3 aromatic rings. The quantitative estimate of drug-likeness (QED) is 0.451. The van der Waals surface area contributed by atoms with Crippen molar-refractivity contribution in [1.29, 1.82) is 5.26 Å². The number of aromatic nitrogens is 4. The van der Waals surface area contributed by atoms with Gasteiger partial charge in [0.1, 0.15) is 29.0 Å². The van der Waals surface area contributed by atoms with Crippen LogP contribution >= 0.6 is 0 Å². The number of nitrogens with one attached hydrogen (secondary N) is 2. The minimum atomic E-state index is -0.421. The number of hydrogen-bond donors (Lipinski definition) is 2. The fourth-order valence-corrected chi connectivity index (χ4v) is 5.16.